The van der Waals surface area contributed by atoms with E-state index in [2.05, 4.69) is 55.6 Å². The van der Waals surface area contributed by atoms with Gasteiger partial charge in [0, 0.05) is 6.42 Å². The maximum atomic E-state index is 13.0. The van der Waals surface area contributed by atoms with E-state index in [1.807, 2.05) is 21.1 Å². The van der Waals surface area contributed by atoms with Crippen molar-refractivity contribution < 1.29 is 38.0 Å². The largest absolute Gasteiger partial charge is 0.472 e. The average Bonchev–Trinajstić information content (AvgIpc) is 3.26. The molecule has 4 unspecified atom stereocenters. The topological polar surface area (TPSA) is 125 Å². The molecule has 0 fully saturated rings. The lowest BCUT2D eigenvalue weighted by Crippen LogP contribution is -2.51. The Morgan fingerprint density at radius 2 is 0.908 bits per heavy atom. The standard InChI is InChI=1S/C55H107N2O7P/c1-6-8-10-12-14-16-18-20-21-22-23-24-25-26-27-28-29-30-31-32-33-34-35-36-38-40-42-44-46-48-54(59)56-52(51-64-65(61,62)63-50-49-57(3,4)5)55(60)53(58)47-45-43-41-39-37-19-17-15-13-11-9-7-2/h18,20,22-23,39,41,52-53,55,58,60H,6-17,19,21,24-38,40,42-51H2,1-5H3,(H-,56,59,61,62)/p+1/b20-18-,23-22-,41-39+. The lowest BCUT2D eigenvalue weighted by molar-refractivity contribution is -0.870. The van der Waals surface area contributed by atoms with Crippen LogP contribution in [-0.4, -0.2) is 84.6 Å². The zero-order chi connectivity index (χ0) is 48.0. The number of nitrogens with zero attached hydrogens (tertiary/aromatic N) is 1. The molecule has 0 saturated carbocycles. The second kappa shape index (κ2) is 46.4. The number of phosphoric ester groups is 1. The number of hydrogen-bond acceptors (Lipinski definition) is 6. The summed E-state index contributed by atoms with van der Waals surface area (Å²) >= 11 is 0. The molecule has 0 heterocycles. The highest BCUT2D eigenvalue weighted by molar-refractivity contribution is 7.47. The Morgan fingerprint density at radius 1 is 0.538 bits per heavy atom. The molecular formula is C55H108N2O7P+. The van der Waals surface area contributed by atoms with E-state index in [1.165, 1.54) is 180 Å². The first kappa shape index (κ1) is 63.7. The predicted molar refractivity (Wildman–Crippen MR) is 278 cm³/mol. The van der Waals surface area contributed by atoms with Crippen LogP contribution in [0.25, 0.3) is 0 Å². The maximum absolute atomic E-state index is 13.0. The van der Waals surface area contributed by atoms with E-state index in [0.717, 1.165) is 38.5 Å². The molecule has 0 rings (SSSR count). The fourth-order valence-electron chi connectivity index (χ4n) is 8.06. The van der Waals surface area contributed by atoms with Crippen molar-refractivity contribution in [3.63, 3.8) is 0 Å². The molecule has 0 radical (unpaired) electrons. The van der Waals surface area contributed by atoms with Gasteiger partial charge in [0.1, 0.15) is 19.3 Å². The van der Waals surface area contributed by atoms with Gasteiger partial charge in [-0.15, -0.1) is 0 Å². The van der Waals surface area contributed by atoms with Crippen LogP contribution in [0, 0.1) is 0 Å². The minimum atomic E-state index is -4.43. The molecule has 4 atom stereocenters. The Labute approximate surface area is 402 Å². The Hall–Kier alpha value is -1.32. The van der Waals surface area contributed by atoms with Gasteiger partial charge in [-0.2, -0.15) is 0 Å². The molecule has 0 aromatic carbocycles. The third-order valence-electron chi connectivity index (χ3n) is 12.5. The van der Waals surface area contributed by atoms with Gasteiger partial charge in [0.05, 0.1) is 39.9 Å². The zero-order valence-electron chi connectivity index (χ0n) is 43.3. The van der Waals surface area contributed by atoms with Gasteiger partial charge in [-0.05, 0) is 70.6 Å². The molecule has 0 aliphatic rings. The van der Waals surface area contributed by atoms with Crippen molar-refractivity contribution >= 4 is 13.7 Å². The second-order valence-electron chi connectivity index (χ2n) is 20.1. The van der Waals surface area contributed by atoms with Crippen molar-refractivity contribution in [3.05, 3.63) is 36.5 Å². The van der Waals surface area contributed by atoms with Crippen molar-refractivity contribution in [1.29, 1.82) is 0 Å². The van der Waals surface area contributed by atoms with E-state index in [0.29, 0.717) is 23.9 Å². The number of nitrogens with one attached hydrogen (secondary N) is 1. The highest BCUT2D eigenvalue weighted by Crippen LogP contribution is 2.43. The van der Waals surface area contributed by atoms with Gasteiger partial charge in [-0.3, -0.25) is 13.8 Å². The molecule has 1 amide bonds. The van der Waals surface area contributed by atoms with Gasteiger partial charge in [0.15, 0.2) is 0 Å². The molecule has 0 aliphatic heterocycles. The number of rotatable bonds is 50. The first-order valence-electron chi connectivity index (χ1n) is 27.4. The Bertz CT molecular complexity index is 1170. The van der Waals surface area contributed by atoms with Crippen LogP contribution in [0.5, 0.6) is 0 Å². The molecule has 0 aromatic rings. The summed E-state index contributed by atoms with van der Waals surface area (Å²) < 4.78 is 23.6. The average molecular weight is 940 g/mol. The number of phosphoric acid groups is 1. The van der Waals surface area contributed by atoms with Crippen LogP contribution in [-0.2, 0) is 18.4 Å². The molecule has 0 aliphatic carbocycles. The summed E-state index contributed by atoms with van der Waals surface area (Å²) in [5, 5.41) is 24.7. The molecule has 65 heavy (non-hydrogen) atoms. The van der Waals surface area contributed by atoms with E-state index < -0.39 is 32.7 Å². The normalized spacial score (nSPS) is 14.8. The molecule has 0 bridgehead atoms. The van der Waals surface area contributed by atoms with E-state index in [4.69, 9.17) is 9.05 Å². The van der Waals surface area contributed by atoms with Crippen molar-refractivity contribution in [3.8, 4) is 0 Å². The number of aliphatic hydroxyl groups is 2. The smallest absolute Gasteiger partial charge is 0.390 e. The van der Waals surface area contributed by atoms with Crippen LogP contribution < -0.4 is 5.32 Å². The summed E-state index contributed by atoms with van der Waals surface area (Å²) in [6.07, 6.45) is 55.2. The van der Waals surface area contributed by atoms with Crippen molar-refractivity contribution in [2.45, 2.75) is 270 Å². The number of aliphatic hydroxyl groups excluding tert-OH is 2. The fourth-order valence-corrected chi connectivity index (χ4v) is 8.79. The minimum Gasteiger partial charge on any atom is -0.390 e. The minimum absolute atomic E-state index is 0.0172. The third kappa shape index (κ3) is 47.5. The highest BCUT2D eigenvalue weighted by atomic mass is 31.2. The number of carbonyl (C=O) groups is 1. The molecule has 10 heteroatoms. The van der Waals surface area contributed by atoms with E-state index in [-0.39, 0.29) is 18.9 Å². The molecule has 9 nitrogen and oxygen atoms in total. The number of quaternary nitrogens is 1. The van der Waals surface area contributed by atoms with E-state index >= 15 is 0 Å². The number of carbonyl (C=O) groups excluding carboxylic acids is 1. The number of allylic oxidation sites excluding steroid dienone is 6. The van der Waals surface area contributed by atoms with Gasteiger partial charge < -0.3 is 24.9 Å². The SMILES string of the molecule is CCCCCCC/C=C\C/C=C\CCCCCCCCCCCCCCCCCCCC(=O)NC(COP(=O)(O)OCC[N+](C)(C)C)C(O)C(O)CCC/C=C/CCCCCCCCC. The second-order valence-corrected chi connectivity index (χ2v) is 21.5. The van der Waals surface area contributed by atoms with Gasteiger partial charge in [0.25, 0.3) is 0 Å². The number of amides is 1. The third-order valence-corrected chi connectivity index (χ3v) is 13.4. The fraction of sp³-hybridized carbons (Fsp3) is 0.873. The van der Waals surface area contributed by atoms with Crippen LogP contribution in [0.1, 0.15) is 251 Å². The monoisotopic (exact) mass is 940 g/mol. The number of unbranched alkanes of at least 4 members (excludes halogenated alkanes) is 30. The van der Waals surface area contributed by atoms with Crippen molar-refractivity contribution in [1.82, 2.24) is 5.32 Å². The summed E-state index contributed by atoms with van der Waals surface area (Å²) in [6.45, 7) is 4.58. The van der Waals surface area contributed by atoms with Crippen LogP contribution in [0.4, 0.5) is 0 Å². The Kier molecular flexibility index (Phi) is 45.5. The van der Waals surface area contributed by atoms with E-state index in [1.54, 1.807) is 0 Å². The lowest BCUT2D eigenvalue weighted by Gasteiger charge is -2.28. The van der Waals surface area contributed by atoms with Crippen molar-refractivity contribution in [2.75, 3.05) is 40.9 Å². The summed E-state index contributed by atoms with van der Waals surface area (Å²) in [6, 6.07) is -1.05. The molecular weight excluding hydrogens is 832 g/mol. The number of hydrogen-bond donors (Lipinski definition) is 4. The molecule has 384 valence electrons. The van der Waals surface area contributed by atoms with Crippen LogP contribution >= 0.6 is 7.82 Å². The summed E-state index contributed by atoms with van der Waals surface area (Å²) in [7, 11) is 1.42. The van der Waals surface area contributed by atoms with Gasteiger partial charge in [-0.1, -0.05) is 211 Å². The molecule has 4 N–H and O–H groups in total. The van der Waals surface area contributed by atoms with Crippen LogP contribution in [0.3, 0.4) is 0 Å². The molecule has 0 aromatic heterocycles. The van der Waals surface area contributed by atoms with Gasteiger partial charge in [-0.25, -0.2) is 4.57 Å². The first-order valence-corrected chi connectivity index (χ1v) is 28.9. The highest BCUT2D eigenvalue weighted by Gasteiger charge is 2.31. The molecule has 0 saturated heterocycles. The summed E-state index contributed by atoms with van der Waals surface area (Å²) in [5.74, 6) is -0.266. The van der Waals surface area contributed by atoms with Crippen molar-refractivity contribution in [2.24, 2.45) is 0 Å². The zero-order valence-corrected chi connectivity index (χ0v) is 44.2. The summed E-state index contributed by atoms with van der Waals surface area (Å²) in [4.78, 5) is 23.3. The lowest BCUT2D eigenvalue weighted by atomic mass is 10.0. The van der Waals surface area contributed by atoms with Gasteiger partial charge >= 0.3 is 7.82 Å². The molecule has 0 spiro atoms. The predicted octanol–water partition coefficient (Wildman–Crippen LogP) is 15.2. The Balaban J connectivity index is 4.17. The Morgan fingerprint density at radius 3 is 1.32 bits per heavy atom. The first-order chi connectivity index (χ1) is 31.4. The maximum Gasteiger partial charge on any atom is 0.472 e. The van der Waals surface area contributed by atoms with Gasteiger partial charge in [0.2, 0.25) is 5.91 Å². The van der Waals surface area contributed by atoms with E-state index in [9.17, 15) is 24.5 Å². The van der Waals surface area contributed by atoms with Crippen LogP contribution in [0.15, 0.2) is 36.5 Å². The summed E-state index contributed by atoms with van der Waals surface area (Å²) in [5.41, 5.74) is 0. The van der Waals surface area contributed by atoms with Crippen LogP contribution in [0.2, 0.25) is 0 Å². The quantitative estimate of drug-likeness (QED) is 0.0207. The number of likely N-dealkylation sites (N-methyl/N-ethyl adjacent to an activating group) is 1.